The largest absolute Gasteiger partial charge is 0.507 e. The first-order valence-corrected chi connectivity index (χ1v) is 21.7. The number of phenols is 1. The third kappa shape index (κ3) is 8.36. The molecule has 0 aliphatic carbocycles. The minimum atomic E-state index is -2.53. The summed E-state index contributed by atoms with van der Waals surface area (Å²) in [5.74, 6) is -0.175. The lowest BCUT2D eigenvalue weighted by Gasteiger charge is -2.22. The second kappa shape index (κ2) is 16.2. The SMILES string of the molecule is [2H]C([2H])([2H])c1cc(-c2cc(C(C)C)cc(C([2H])(C)C)c2)ccc1-n1c(-c2cc(C(C)(C)C)ccc2O)nc2c(-c3cc(-c4cc(-c5ccc(C)cc5)ccn4)cc(C(C)(C)C)c3)cccc21. The van der Waals surface area contributed by atoms with Gasteiger partial charge in [0.25, 0.3) is 0 Å². The van der Waals surface area contributed by atoms with Gasteiger partial charge in [0.05, 0.1) is 28.0 Å². The van der Waals surface area contributed by atoms with Crippen LogP contribution >= 0.6 is 0 Å². The first-order valence-electron chi connectivity index (χ1n) is 23.7. The lowest BCUT2D eigenvalue weighted by molar-refractivity contribution is 0.475. The van der Waals surface area contributed by atoms with Crippen LogP contribution in [0.15, 0.2) is 134 Å². The van der Waals surface area contributed by atoms with Crippen LogP contribution in [-0.2, 0) is 10.8 Å². The molecule has 4 heteroatoms. The van der Waals surface area contributed by atoms with Gasteiger partial charge in [-0.05, 0) is 147 Å². The van der Waals surface area contributed by atoms with Crippen molar-refractivity contribution in [1.82, 2.24) is 14.5 Å². The van der Waals surface area contributed by atoms with Gasteiger partial charge in [-0.3, -0.25) is 9.55 Å². The van der Waals surface area contributed by atoms with Gasteiger partial charge in [-0.15, -0.1) is 0 Å². The predicted octanol–water partition coefficient (Wildman–Crippen LogP) is 15.9. The van der Waals surface area contributed by atoms with Crippen molar-refractivity contribution in [2.75, 3.05) is 0 Å². The van der Waals surface area contributed by atoms with Crippen molar-refractivity contribution in [3.05, 3.63) is 167 Å². The van der Waals surface area contributed by atoms with Crippen LogP contribution in [0, 0.1) is 13.8 Å². The molecule has 0 unspecified atom stereocenters. The van der Waals surface area contributed by atoms with Crippen LogP contribution in [0.5, 0.6) is 5.75 Å². The van der Waals surface area contributed by atoms with E-state index >= 15 is 0 Å². The monoisotopic (exact) mass is 820 g/mol. The van der Waals surface area contributed by atoms with E-state index in [1.54, 1.807) is 12.1 Å². The van der Waals surface area contributed by atoms with E-state index in [2.05, 4.69) is 129 Å². The minimum absolute atomic E-state index is 0.0424. The van der Waals surface area contributed by atoms with E-state index in [1.165, 1.54) is 5.56 Å². The zero-order chi connectivity index (χ0) is 47.7. The van der Waals surface area contributed by atoms with Gasteiger partial charge in [0, 0.05) is 22.8 Å². The van der Waals surface area contributed by atoms with E-state index < -0.39 is 12.7 Å². The number of aromatic nitrogens is 3. The van der Waals surface area contributed by atoms with Crippen molar-refractivity contribution < 1.29 is 10.6 Å². The lowest BCUT2D eigenvalue weighted by Crippen LogP contribution is -2.11. The van der Waals surface area contributed by atoms with Crippen molar-refractivity contribution in [3.63, 3.8) is 0 Å². The Kier molecular flexibility index (Phi) is 9.81. The predicted molar refractivity (Wildman–Crippen MR) is 263 cm³/mol. The molecule has 314 valence electrons. The van der Waals surface area contributed by atoms with Crippen LogP contribution in [0.1, 0.15) is 120 Å². The number of benzene rings is 6. The Labute approximate surface area is 375 Å². The Morgan fingerprint density at radius 2 is 1.31 bits per heavy atom. The smallest absolute Gasteiger partial charge is 0.149 e. The van der Waals surface area contributed by atoms with Crippen LogP contribution in [0.3, 0.4) is 0 Å². The highest BCUT2D eigenvalue weighted by Crippen LogP contribution is 2.42. The number of hydrogen-bond donors (Lipinski definition) is 1. The number of aromatic hydroxyl groups is 1. The number of fused-ring (bicyclic) bond motifs is 1. The minimum Gasteiger partial charge on any atom is -0.507 e. The molecule has 0 aliphatic rings. The molecule has 2 heterocycles. The molecule has 62 heavy (non-hydrogen) atoms. The molecule has 8 aromatic rings. The fourth-order valence-electron chi connectivity index (χ4n) is 8.17. The standard InChI is InChI=1S/C58H61N3O/c1-35(2)42-27-43(36(3)4)29-44(28-42)40-20-22-52(38(6)26-40)61-53-15-13-14-49(55(53)60-56(61)50-34-47(57(7,8)9)21-23-54(50)62)45-30-46(32-48(31-45)58(10,11)12)51-33-41(24-25-59-51)39-18-16-37(5)17-19-39/h13-36,62H,1-12H3/i6D3,35D. The van der Waals surface area contributed by atoms with Crippen LogP contribution in [0.25, 0.3) is 72.7 Å². The molecule has 2 aromatic heterocycles. The second-order valence-corrected chi connectivity index (χ2v) is 19.5. The topological polar surface area (TPSA) is 50.9 Å². The van der Waals surface area contributed by atoms with Gasteiger partial charge >= 0.3 is 0 Å². The van der Waals surface area contributed by atoms with E-state index in [0.717, 1.165) is 66.9 Å². The summed E-state index contributed by atoms with van der Waals surface area (Å²) in [7, 11) is 0. The fraction of sp³-hybridized carbons (Fsp3) is 0.276. The normalized spacial score (nSPS) is 13.5. The number of rotatable bonds is 8. The summed E-state index contributed by atoms with van der Waals surface area (Å²) in [6.07, 6.45) is 1.87. The highest BCUT2D eigenvalue weighted by molar-refractivity contribution is 5.97. The fourth-order valence-corrected chi connectivity index (χ4v) is 8.17. The van der Waals surface area contributed by atoms with Gasteiger partial charge in [-0.25, -0.2) is 4.98 Å². The van der Waals surface area contributed by atoms with Gasteiger partial charge in [0.2, 0.25) is 0 Å². The van der Waals surface area contributed by atoms with E-state index in [4.69, 9.17) is 15.5 Å². The summed E-state index contributed by atoms with van der Waals surface area (Å²) in [5, 5.41) is 11.7. The molecule has 0 amide bonds. The number of phenolic OH excluding ortho intramolecular Hbond substituents is 1. The second-order valence-electron chi connectivity index (χ2n) is 19.5. The summed E-state index contributed by atoms with van der Waals surface area (Å²) in [5.41, 5.74) is 14.7. The molecular weight excluding hydrogens is 755 g/mol. The zero-order valence-electron chi connectivity index (χ0n) is 42.1. The number of hydrogen-bond acceptors (Lipinski definition) is 3. The van der Waals surface area contributed by atoms with Crippen LogP contribution in [0.2, 0.25) is 0 Å². The Morgan fingerprint density at radius 1 is 0.613 bits per heavy atom. The van der Waals surface area contributed by atoms with E-state index in [-0.39, 0.29) is 28.1 Å². The molecular formula is C58H61N3O. The number of nitrogens with zero attached hydrogens (tertiary/aromatic N) is 3. The summed E-state index contributed by atoms with van der Waals surface area (Å²) in [4.78, 5) is 10.3. The maximum atomic E-state index is 11.7. The van der Waals surface area contributed by atoms with E-state index in [0.29, 0.717) is 28.1 Å². The average molecular weight is 820 g/mol. The van der Waals surface area contributed by atoms with Crippen LogP contribution in [-0.4, -0.2) is 19.6 Å². The molecule has 0 atom stereocenters. The summed E-state index contributed by atoms with van der Waals surface area (Å²) in [6, 6.07) is 42.8. The number of pyridine rings is 1. The molecule has 8 rings (SSSR count). The van der Waals surface area contributed by atoms with Gasteiger partial charge in [0.1, 0.15) is 11.6 Å². The maximum absolute atomic E-state index is 11.7. The van der Waals surface area contributed by atoms with Crippen molar-refractivity contribution >= 4 is 11.0 Å². The van der Waals surface area contributed by atoms with E-state index in [1.807, 2.05) is 73.1 Å². The molecule has 4 nitrogen and oxygen atoms in total. The maximum Gasteiger partial charge on any atom is 0.149 e. The molecule has 6 aromatic carbocycles. The summed E-state index contributed by atoms with van der Waals surface area (Å²) < 4.78 is 37.9. The first-order chi connectivity index (χ1) is 30.9. The van der Waals surface area contributed by atoms with Gasteiger partial charge in [-0.1, -0.05) is 148 Å². The van der Waals surface area contributed by atoms with Crippen LogP contribution < -0.4 is 0 Å². The molecule has 0 saturated heterocycles. The summed E-state index contributed by atoms with van der Waals surface area (Å²) >= 11 is 0. The third-order valence-corrected chi connectivity index (χ3v) is 12.1. The van der Waals surface area contributed by atoms with Gasteiger partial charge in [-0.2, -0.15) is 0 Å². The molecule has 0 aliphatic heterocycles. The molecule has 0 fully saturated rings. The van der Waals surface area contributed by atoms with Gasteiger partial charge in [0.15, 0.2) is 0 Å². The molecule has 1 N–H and O–H groups in total. The van der Waals surface area contributed by atoms with Crippen LogP contribution in [0.4, 0.5) is 0 Å². The first kappa shape index (κ1) is 37.5. The Bertz CT molecular complexity index is 3120. The Hall–Kier alpha value is -6.26. The highest BCUT2D eigenvalue weighted by atomic mass is 16.3. The highest BCUT2D eigenvalue weighted by Gasteiger charge is 2.25. The van der Waals surface area contributed by atoms with E-state index in [9.17, 15) is 5.11 Å². The van der Waals surface area contributed by atoms with Crippen molar-refractivity contribution in [2.45, 2.75) is 106 Å². The van der Waals surface area contributed by atoms with Crippen molar-refractivity contribution in [1.29, 1.82) is 0 Å². The van der Waals surface area contributed by atoms with Crippen molar-refractivity contribution in [2.24, 2.45) is 0 Å². The third-order valence-electron chi connectivity index (χ3n) is 12.1. The average Bonchev–Trinajstić information content (AvgIpc) is 3.64. The summed E-state index contributed by atoms with van der Waals surface area (Å²) in [6.45, 7) is 20.6. The lowest BCUT2D eigenvalue weighted by atomic mass is 9.83. The molecule has 0 saturated carbocycles. The number of aryl methyl sites for hydroxylation is 2. The Morgan fingerprint density at radius 3 is 2.00 bits per heavy atom. The molecule has 0 radical (unpaired) electrons. The zero-order valence-corrected chi connectivity index (χ0v) is 38.1. The van der Waals surface area contributed by atoms with Gasteiger partial charge < -0.3 is 5.11 Å². The molecule has 0 bridgehead atoms. The number of para-hydroxylation sites is 1. The molecule has 0 spiro atoms. The van der Waals surface area contributed by atoms with Crippen molar-refractivity contribution in [3.8, 4) is 67.5 Å². The number of imidazole rings is 1. The Balaban J connectivity index is 1.40. The quantitative estimate of drug-likeness (QED) is 0.166.